The van der Waals surface area contributed by atoms with Gasteiger partial charge in [-0.15, -0.1) is 0 Å². The first-order valence-corrected chi connectivity index (χ1v) is 5.14. The molecule has 0 saturated carbocycles. The molecule has 0 aliphatic heterocycles. The number of hydrogen-bond donors (Lipinski definition) is 1. The smallest absolute Gasteiger partial charge is 0.0316 e. The molecule has 0 heterocycles. The first-order chi connectivity index (χ1) is 7.34. The fourth-order valence-corrected chi connectivity index (χ4v) is 1.62. The standard InChI is InChI=1S/C14H14N/c15-14-8-4-7-13(11-14)10-9-12-5-2-1-3-6-12/h1-2,4-8,11H,9-10,15H2. The molecule has 0 spiro atoms. The molecule has 2 N–H and O–H groups in total. The minimum Gasteiger partial charge on any atom is -0.399 e. The van der Waals surface area contributed by atoms with Gasteiger partial charge in [-0.3, -0.25) is 0 Å². The van der Waals surface area contributed by atoms with Gasteiger partial charge in [0, 0.05) is 5.69 Å². The predicted octanol–water partition coefficient (Wildman–Crippen LogP) is 2.85. The van der Waals surface area contributed by atoms with Crippen molar-refractivity contribution in [2.75, 3.05) is 5.73 Å². The van der Waals surface area contributed by atoms with Crippen LogP contribution in [0.3, 0.4) is 0 Å². The summed E-state index contributed by atoms with van der Waals surface area (Å²) in [5.74, 6) is 0. The zero-order valence-electron chi connectivity index (χ0n) is 8.61. The van der Waals surface area contributed by atoms with Crippen molar-refractivity contribution in [3.63, 3.8) is 0 Å². The van der Waals surface area contributed by atoms with E-state index in [1.54, 1.807) is 0 Å². The summed E-state index contributed by atoms with van der Waals surface area (Å²) in [6.07, 6.45) is 2.07. The summed E-state index contributed by atoms with van der Waals surface area (Å²) >= 11 is 0. The van der Waals surface area contributed by atoms with Gasteiger partial charge in [0.05, 0.1) is 0 Å². The SMILES string of the molecule is Nc1cccc(CCc2c[c]ccc2)c1. The second-order valence-electron chi connectivity index (χ2n) is 3.66. The summed E-state index contributed by atoms with van der Waals surface area (Å²) in [6.45, 7) is 0. The average Bonchev–Trinajstić information content (AvgIpc) is 2.28. The number of anilines is 1. The van der Waals surface area contributed by atoms with E-state index in [-0.39, 0.29) is 0 Å². The van der Waals surface area contributed by atoms with Gasteiger partial charge in [0.15, 0.2) is 0 Å². The van der Waals surface area contributed by atoms with Gasteiger partial charge in [-0.25, -0.2) is 0 Å². The maximum atomic E-state index is 5.72. The largest absolute Gasteiger partial charge is 0.399 e. The summed E-state index contributed by atoms with van der Waals surface area (Å²) in [4.78, 5) is 0. The van der Waals surface area contributed by atoms with E-state index < -0.39 is 0 Å². The van der Waals surface area contributed by atoms with Gasteiger partial charge in [-0.2, -0.15) is 0 Å². The lowest BCUT2D eigenvalue weighted by molar-refractivity contribution is 0.960. The Kier molecular flexibility index (Phi) is 3.03. The third-order valence-electron chi connectivity index (χ3n) is 2.42. The maximum absolute atomic E-state index is 5.72. The van der Waals surface area contributed by atoms with Crippen molar-refractivity contribution in [1.82, 2.24) is 0 Å². The third kappa shape index (κ3) is 2.84. The summed E-state index contributed by atoms with van der Waals surface area (Å²) in [7, 11) is 0. The molecule has 0 aromatic heterocycles. The Balaban J connectivity index is 1.99. The van der Waals surface area contributed by atoms with Crippen LogP contribution in [0, 0.1) is 6.07 Å². The monoisotopic (exact) mass is 196 g/mol. The molecular weight excluding hydrogens is 182 g/mol. The molecule has 0 bridgehead atoms. The van der Waals surface area contributed by atoms with E-state index >= 15 is 0 Å². The van der Waals surface area contributed by atoms with Crippen LogP contribution in [-0.2, 0) is 12.8 Å². The van der Waals surface area contributed by atoms with E-state index in [0.717, 1.165) is 18.5 Å². The lowest BCUT2D eigenvalue weighted by atomic mass is 10.0. The van der Waals surface area contributed by atoms with Gasteiger partial charge in [0.2, 0.25) is 0 Å². The molecule has 0 atom stereocenters. The van der Waals surface area contributed by atoms with Gasteiger partial charge >= 0.3 is 0 Å². The lowest BCUT2D eigenvalue weighted by Crippen LogP contribution is -1.92. The zero-order valence-corrected chi connectivity index (χ0v) is 8.61. The minimum absolute atomic E-state index is 0.840. The Bertz CT molecular complexity index is 420. The Hall–Kier alpha value is -1.76. The predicted molar refractivity (Wildman–Crippen MR) is 63.5 cm³/mol. The van der Waals surface area contributed by atoms with Crippen LogP contribution >= 0.6 is 0 Å². The quantitative estimate of drug-likeness (QED) is 0.750. The molecule has 0 aliphatic rings. The van der Waals surface area contributed by atoms with Gasteiger partial charge in [0.1, 0.15) is 0 Å². The summed E-state index contributed by atoms with van der Waals surface area (Å²) < 4.78 is 0. The van der Waals surface area contributed by atoms with Gasteiger partial charge < -0.3 is 5.73 Å². The molecule has 1 radical (unpaired) electrons. The van der Waals surface area contributed by atoms with Crippen molar-refractivity contribution in [2.45, 2.75) is 12.8 Å². The molecule has 0 aliphatic carbocycles. The summed E-state index contributed by atoms with van der Waals surface area (Å²) in [5, 5.41) is 0. The highest BCUT2D eigenvalue weighted by Crippen LogP contribution is 2.10. The molecule has 15 heavy (non-hydrogen) atoms. The molecular formula is C14H14N. The number of rotatable bonds is 3. The average molecular weight is 196 g/mol. The highest BCUT2D eigenvalue weighted by atomic mass is 14.5. The van der Waals surface area contributed by atoms with Crippen LogP contribution in [0.15, 0.2) is 48.5 Å². The first kappa shape index (κ1) is 9.78. The highest BCUT2D eigenvalue weighted by Gasteiger charge is 1.95. The highest BCUT2D eigenvalue weighted by molar-refractivity contribution is 5.40. The van der Waals surface area contributed by atoms with Crippen LogP contribution in [0.4, 0.5) is 5.69 Å². The van der Waals surface area contributed by atoms with Crippen LogP contribution in [0.5, 0.6) is 0 Å². The molecule has 0 amide bonds. The van der Waals surface area contributed by atoms with Crippen molar-refractivity contribution in [2.24, 2.45) is 0 Å². The molecule has 0 fully saturated rings. The zero-order chi connectivity index (χ0) is 10.5. The third-order valence-corrected chi connectivity index (χ3v) is 2.42. The molecule has 2 rings (SSSR count). The Morgan fingerprint density at radius 1 is 1.00 bits per heavy atom. The van der Waals surface area contributed by atoms with Crippen molar-refractivity contribution in [3.05, 3.63) is 65.7 Å². The Labute approximate surface area is 90.6 Å². The Morgan fingerprint density at radius 2 is 1.80 bits per heavy atom. The first-order valence-electron chi connectivity index (χ1n) is 5.14. The maximum Gasteiger partial charge on any atom is 0.0316 e. The molecule has 75 valence electrons. The van der Waals surface area contributed by atoms with Crippen LogP contribution in [0.2, 0.25) is 0 Å². The number of benzene rings is 2. The molecule has 2 aromatic rings. The minimum atomic E-state index is 0.840. The number of nitrogen functional groups attached to an aromatic ring is 1. The van der Waals surface area contributed by atoms with Crippen molar-refractivity contribution in [3.8, 4) is 0 Å². The molecule has 1 heteroatoms. The molecule has 1 nitrogen and oxygen atoms in total. The van der Waals surface area contributed by atoms with Crippen LogP contribution in [-0.4, -0.2) is 0 Å². The van der Waals surface area contributed by atoms with E-state index in [0.29, 0.717) is 0 Å². The van der Waals surface area contributed by atoms with Crippen molar-refractivity contribution < 1.29 is 0 Å². The second kappa shape index (κ2) is 4.65. The lowest BCUT2D eigenvalue weighted by Gasteiger charge is -2.02. The van der Waals surface area contributed by atoms with Crippen LogP contribution in [0.25, 0.3) is 0 Å². The fourth-order valence-electron chi connectivity index (χ4n) is 1.62. The Morgan fingerprint density at radius 3 is 2.53 bits per heavy atom. The summed E-state index contributed by atoms with van der Waals surface area (Å²) in [5.41, 5.74) is 9.17. The van der Waals surface area contributed by atoms with E-state index in [1.807, 2.05) is 36.4 Å². The van der Waals surface area contributed by atoms with Crippen molar-refractivity contribution in [1.29, 1.82) is 0 Å². The topological polar surface area (TPSA) is 26.0 Å². The van der Waals surface area contributed by atoms with E-state index in [1.165, 1.54) is 11.1 Å². The van der Waals surface area contributed by atoms with Crippen molar-refractivity contribution >= 4 is 5.69 Å². The van der Waals surface area contributed by atoms with E-state index in [2.05, 4.69) is 18.2 Å². The second-order valence-corrected chi connectivity index (χ2v) is 3.66. The number of hydrogen-bond acceptors (Lipinski definition) is 1. The fraction of sp³-hybridized carbons (Fsp3) is 0.143. The number of nitrogens with two attached hydrogens (primary N) is 1. The van der Waals surface area contributed by atoms with Gasteiger partial charge in [0.25, 0.3) is 0 Å². The number of aryl methyl sites for hydroxylation is 2. The molecule has 0 unspecified atom stereocenters. The van der Waals surface area contributed by atoms with Gasteiger partial charge in [-0.05, 0) is 42.2 Å². The van der Waals surface area contributed by atoms with E-state index in [4.69, 9.17) is 5.73 Å². The van der Waals surface area contributed by atoms with Crippen LogP contribution in [0.1, 0.15) is 11.1 Å². The molecule has 0 saturated heterocycles. The summed E-state index contributed by atoms with van der Waals surface area (Å²) in [6, 6.07) is 19.3. The van der Waals surface area contributed by atoms with Gasteiger partial charge in [-0.1, -0.05) is 36.4 Å². The van der Waals surface area contributed by atoms with Crippen LogP contribution < -0.4 is 5.73 Å². The molecule has 2 aromatic carbocycles. The van der Waals surface area contributed by atoms with E-state index in [9.17, 15) is 0 Å². The normalized spacial score (nSPS) is 10.1.